The summed E-state index contributed by atoms with van der Waals surface area (Å²) < 4.78 is 36.3. The normalized spacial score (nSPS) is 18.4. The van der Waals surface area contributed by atoms with Crippen molar-refractivity contribution in [3.63, 3.8) is 0 Å². The summed E-state index contributed by atoms with van der Waals surface area (Å²) in [6, 6.07) is 13.7. The number of carbonyl (C=O) groups is 3. The van der Waals surface area contributed by atoms with E-state index in [2.05, 4.69) is 20.5 Å². The number of amides is 2. The van der Waals surface area contributed by atoms with E-state index >= 15 is 0 Å². The largest absolute Gasteiger partial charge is 0.465 e. The van der Waals surface area contributed by atoms with Crippen molar-refractivity contribution in [3.8, 4) is 22.8 Å². The van der Waals surface area contributed by atoms with Crippen molar-refractivity contribution in [2.75, 3.05) is 33.4 Å². The minimum Gasteiger partial charge on any atom is -0.465 e. The van der Waals surface area contributed by atoms with Gasteiger partial charge in [0.2, 0.25) is 5.88 Å². The summed E-state index contributed by atoms with van der Waals surface area (Å²) >= 11 is 0. The Bertz CT molecular complexity index is 1610. The third-order valence-electron chi connectivity index (χ3n) is 8.23. The molecule has 2 aliphatic rings. The molecule has 48 heavy (non-hydrogen) atoms. The number of nitrogens with one attached hydrogen (secondary N) is 2. The van der Waals surface area contributed by atoms with Crippen molar-refractivity contribution < 1.29 is 37.7 Å². The Morgan fingerprint density at radius 2 is 1.69 bits per heavy atom. The Morgan fingerprint density at radius 3 is 2.38 bits per heavy atom. The molecule has 0 bridgehead atoms. The van der Waals surface area contributed by atoms with Crippen molar-refractivity contribution in [1.82, 2.24) is 20.5 Å². The van der Waals surface area contributed by atoms with Gasteiger partial charge in [-0.3, -0.25) is 9.69 Å². The van der Waals surface area contributed by atoms with Crippen molar-refractivity contribution in [2.24, 2.45) is 0 Å². The molecule has 3 aromatic rings. The van der Waals surface area contributed by atoms with Crippen LogP contribution in [0, 0.1) is 5.82 Å². The number of aromatic nitrogens is 1. The molecule has 2 aromatic carbocycles. The number of esters is 1. The van der Waals surface area contributed by atoms with E-state index in [1.807, 2.05) is 51.1 Å². The van der Waals surface area contributed by atoms with E-state index in [9.17, 15) is 18.8 Å². The van der Waals surface area contributed by atoms with Crippen LogP contribution in [-0.4, -0.2) is 79.0 Å². The molecule has 0 spiro atoms. The lowest BCUT2D eigenvalue weighted by atomic mass is 9.91. The van der Waals surface area contributed by atoms with Crippen LogP contribution in [-0.2, 0) is 20.8 Å². The van der Waals surface area contributed by atoms with Gasteiger partial charge < -0.3 is 29.6 Å². The Morgan fingerprint density at radius 1 is 0.979 bits per heavy atom. The van der Waals surface area contributed by atoms with Crippen molar-refractivity contribution in [3.05, 3.63) is 77.2 Å². The molecular formula is C36H43FN4O7. The zero-order chi connectivity index (χ0) is 34.3. The molecule has 1 aromatic heterocycles. The number of rotatable bonds is 9. The van der Waals surface area contributed by atoms with Crippen LogP contribution in [0.1, 0.15) is 72.7 Å². The smallest absolute Gasteiger partial charge is 0.407 e. The maximum atomic E-state index is 14.4. The van der Waals surface area contributed by atoms with Gasteiger partial charge in [-0.25, -0.2) is 19.0 Å². The zero-order valence-corrected chi connectivity index (χ0v) is 27.8. The van der Waals surface area contributed by atoms with Crippen LogP contribution in [0.15, 0.2) is 54.7 Å². The summed E-state index contributed by atoms with van der Waals surface area (Å²) in [4.78, 5) is 44.3. The van der Waals surface area contributed by atoms with Crippen molar-refractivity contribution in [1.29, 1.82) is 0 Å². The molecule has 2 heterocycles. The summed E-state index contributed by atoms with van der Waals surface area (Å²) in [5.41, 5.74) is 2.52. The topological polar surface area (TPSA) is 128 Å². The monoisotopic (exact) mass is 662 g/mol. The van der Waals surface area contributed by atoms with Gasteiger partial charge in [-0.2, -0.15) is 0 Å². The highest BCUT2D eigenvalue weighted by Gasteiger charge is 2.27. The first kappa shape index (κ1) is 34.8. The van der Waals surface area contributed by atoms with Gasteiger partial charge in [0.05, 0.1) is 32.1 Å². The van der Waals surface area contributed by atoms with E-state index in [0.717, 1.165) is 42.0 Å². The van der Waals surface area contributed by atoms with Crippen LogP contribution < -0.4 is 15.4 Å². The highest BCUT2D eigenvalue weighted by Crippen LogP contribution is 2.32. The number of nitrogens with zero attached hydrogens (tertiary/aromatic N) is 2. The number of halogens is 1. The van der Waals surface area contributed by atoms with Crippen LogP contribution in [0.5, 0.6) is 11.6 Å². The molecule has 2 amide bonds. The third kappa shape index (κ3) is 9.51. The van der Waals surface area contributed by atoms with E-state index in [4.69, 9.17) is 18.9 Å². The fraction of sp³-hybridized carbons (Fsp3) is 0.444. The summed E-state index contributed by atoms with van der Waals surface area (Å²) in [7, 11) is 1.35. The van der Waals surface area contributed by atoms with Crippen LogP contribution in [0.25, 0.3) is 11.1 Å². The number of morpholine rings is 1. The molecule has 0 radical (unpaired) electrons. The first-order valence-corrected chi connectivity index (χ1v) is 16.2. The molecule has 1 saturated carbocycles. The molecule has 1 saturated heterocycles. The lowest BCUT2D eigenvalue weighted by Gasteiger charge is -2.30. The van der Waals surface area contributed by atoms with E-state index in [1.165, 1.54) is 7.11 Å². The number of pyridine rings is 1. The Hall–Kier alpha value is -4.55. The van der Waals surface area contributed by atoms with Gasteiger partial charge in [0, 0.05) is 31.7 Å². The van der Waals surface area contributed by atoms with E-state index in [0.29, 0.717) is 56.8 Å². The maximum Gasteiger partial charge on any atom is 0.407 e. The predicted molar refractivity (Wildman–Crippen MR) is 176 cm³/mol. The number of hydrogen-bond donors (Lipinski definition) is 2. The van der Waals surface area contributed by atoms with Crippen LogP contribution in [0.3, 0.4) is 0 Å². The molecule has 11 nitrogen and oxygen atoms in total. The summed E-state index contributed by atoms with van der Waals surface area (Å²) in [6.45, 7) is 8.87. The second kappa shape index (κ2) is 15.6. The van der Waals surface area contributed by atoms with Gasteiger partial charge in [0.1, 0.15) is 22.7 Å². The molecule has 1 aliphatic heterocycles. The molecule has 2 N–H and O–H groups in total. The van der Waals surface area contributed by atoms with Gasteiger partial charge in [0.25, 0.3) is 5.91 Å². The number of alkyl carbamates (subject to hydrolysis) is 1. The van der Waals surface area contributed by atoms with Gasteiger partial charge >= 0.3 is 12.1 Å². The first-order chi connectivity index (χ1) is 23.0. The lowest BCUT2D eigenvalue weighted by molar-refractivity contribution is 0.0342. The lowest BCUT2D eigenvalue weighted by Crippen LogP contribution is -2.45. The van der Waals surface area contributed by atoms with Gasteiger partial charge in [-0.05, 0) is 93.5 Å². The summed E-state index contributed by atoms with van der Waals surface area (Å²) in [5, 5.41) is 5.88. The quantitative estimate of drug-likeness (QED) is 0.271. The Labute approximate surface area is 280 Å². The third-order valence-corrected chi connectivity index (χ3v) is 8.23. The van der Waals surface area contributed by atoms with Crippen LogP contribution >= 0.6 is 0 Å². The maximum absolute atomic E-state index is 14.4. The van der Waals surface area contributed by atoms with Crippen molar-refractivity contribution >= 4 is 18.0 Å². The molecule has 1 aliphatic carbocycles. The average molecular weight is 663 g/mol. The van der Waals surface area contributed by atoms with E-state index in [-0.39, 0.29) is 23.5 Å². The summed E-state index contributed by atoms with van der Waals surface area (Å²) in [5.74, 6) is -1.20. The molecule has 5 rings (SSSR count). The highest BCUT2D eigenvalue weighted by molar-refractivity contribution is 5.96. The number of carbonyl (C=O) groups excluding carboxylic acids is 3. The second-order valence-corrected chi connectivity index (χ2v) is 13.1. The molecular weight excluding hydrogens is 619 g/mol. The molecule has 0 atom stereocenters. The highest BCUT2D eigenvalue weighted by atomic mass is 19.1. The minimum absolute atomic E-state index is 0.0233. The van der Waals surface area contributed by atoms with E-state index in [1.54, 1.807) is 12.1 Å². The number of hydrogen-bond acceptors (Lipinski definition) is 9. The van der Waals surface area contributed by atoms with Gasteiger partial charge in [-0.1, -0.05) is 18.2 Å². The molecule has 12 heteroatoms. The number of methoxy groups -OCH3 is 1. The first-order valence-electron chi connectivity index (χ1n) is 16.2. The number of benzene rings is 2. The van der Waals surface area contributed by atoms with E-state index < -0.39 is 29.4 Å². The number of ether oxygens (including phenoxy) is 4. The van der Waals surface area contributed by atoms with Crippen molar-refractivity contribution in [2.45, 2.75) is 70.7 Å². The zero-order valence-electron chi connectivity index (χ0n) is 27.8. The standard InChI is InChI=1S/C36H43FN4O7/c1-36(2,3)48-35(44)40-28-11-9-27(10-12-28)39-32(42)31-20-26(37)21-38-33(31)47-29-7-5-6-23(19-29)30-13-8-24(34(43)45-4)18-25(30)22-41-14-16-46-17-15-41/h5-8,13,18-21,27-28H,9-12,14-17,22H2,1-4H3,(H,39,42)(H,40,44). The fourth-order valence-electron chi connectivity index (χ4n) is 5.88. The minimum atomic E-state index is -0.662. The Kier molecular flexibility index (Phi) is 11.3. The van der Waals surface area contributed by atoms with Crippen LogP contribution in [0.2, 0.25) is 0 Å². The molecule has 0 unspecified atom stereocenters. The van der Waals surface area contributed by atoms with Crippen LogP contribution in [0.4, 0.5) is 9.18 Å². The summed E-state index contributed by atoms with van der Waals surface area (Å²) in [6.07, 6.45) is 3.14. The fourth-order valence-corrected chi connectivity index (χ4v) is 5.88. The van der Waals surface area contributed by atoms with Gasteiger partial charge in [-0.15, -0.1) is 0 Å². The predicted octanol–water partition coefficient (Wildman–Crippen LogP) is 5.86. The molecule has 2 fully saturated rings. The second-order valence-electron chi connectivity index (χ2n) is 13.1. The van der Waals surface area contributed by atoms with Gasteiger partial charge in [0.15, 0.2) is 0 Å². The Balaban J connectivity index is 1.29. The molecule has 256 valence electrons. The SMILES string of the molecule is COC(=O)c1ccc(-c2cccc(Oc3ncc(F)cc3C(=O)NC3CCC(NC(=O)OC(C)(C)C)CC3)c2)c(CN2CCOCC2)c1. The average Bonchev–Trinajstić information content (AvgIpc) is 3.06.